The van der Waals surface area contributed by atoms with Crippen LogP contribution in [0.5, 0.6) is 0 Å². The molecule has 0 aliphatic carbocycles. The molecule has 32 heteroatoms. The monoisotopic (exact) mass is 1140 g/mol. The fourth-order valence-corrected chi connectivity index (χ4v) is 11.2. The molecule has 0 nitrogen and oxygen atoms in total. The second-order valence-corrected chi connectivity index (χ2v) is 18.3. The van der Waals surface area contributed by atoms with E-state index >= 15 is 0 Å². The summed E-state index contributed by atoms with van der Waals surface area (Å²) in [6, 6.07) is -2.91. The molecule has 0 saturated heterocycles. The van der Waals surface area contributed by atoms with E-state index in [1.165, 1.54) is 0 Å². The van der Waals surface area contributed by atoms with E-state index in [9.17, 15) is 132 Å². The molecule has 0 amide bonds. The van der Waals surface area contributed by atoms with Crippen molar-refractivity contribution in [2.45, 2.75) is 61.8 Å². The van der Waals surface area contributed by atoms with Crippen LogP contribution in [0, 0.1) is 0 Å². The van der Waals surface area contributed by atoms with Crippen LogP contribution in [0.15, 0.2) is 60.7 Å². The van der Waals surface area contributed by atoms with Crippen LogP contribution in [0.3, 0.4) is 0 Å². The molecule has 0 aliphatic heterocycles. The van der Waals surface area contributed by atoms with Crippen molar-refractivity contribution in [2.75, 3.05) is 0 Å². The molecular weight excluding hydrogens is 1120 g/mol. The van der Waals surface area contributed by atoms with E-state index in [1.807, 2.05) is 0 Å². The molecule has 0 N–H and O–H groups in total. The Balaban J connectivity index is 0.000000361. The van der Waals surface area contributed by atoms with Crippen molar-refractivity contribution in [3.05, 3.63) is 116 Å². The van der Waals surface area contributed by atoms with Crippen molar-refractivity contribution >= 4 is 48.4 Å². The van der Waals surface area contributed by atoms with Gasteiger partial charge in [0.05, 0.1) is 0 Å². The van der Waals surface area contributed by atoms with Crippen LogP contribution in [0.25, 0.3) is 0 Å². The molecule has 364 valence electrons. The van der Waals surface area contributed by atoms with Crippen LogP contribution in [-0.2, 0) is 61.8 Å². The normalized spacial score (nSPS) is 14.0. The third kappa shape index (κ3) is 14.4. The van der Waals surface area contributed by atoms with Crippen LogP contribution in [0.2, 0.25) is 0 Å². The molecule has 4 aromatic rings. The Bertz CT molecular complexity index is 2070. The molecule has 4 aromatic carbocycles. The fraction of sp³-hybridized carbons (Fsp3) is 0.294. The summed E-state index contributed by atoms with van der Waals surface area (Å²) in [5.74, 6) is 0. The third-order valence-corrected chi connectivity index (χ3v) is 13.6. The van der Waals surface area contributed by atoms with Gasteiger partial charge in [-0.3, -0.25) is 0 Å². The number of alkyl halides is 30. The predicted molar refractivity (Wildman–Crippen MR) is 166 cm³/mol. The summed E-state index contributed by atoms with van der Waals surface area (Å²) in [5, 5.41) is 0. The van der Waals surface area contributed by atoms with Crippen molar-refractivity contribution in [1.29, 1.82) is 0 Å². The Kier molecular flexibility index (Phi) is 15.4. The molecule has 0 spiro atoms. The summed E-state index contributed by atoms with van der Waals surface area (Å²) in [6.07, 6.45) is -57.1. The first-order valence-corrected chi connectivity index (χ1v) is 20.1. The Hall–Kier alpha value is -4.13. The Morgan fingerprint density at radius 3 is 0.515 bits per heavy atom. The first-order chi connectivity index (χ1) is 29.0. The molecule has 0 heterocycles. The van der Waals surface area contributed by atoms with Gasteiger partial charge in [-0.05, 0) is 0 Å². The van der Waals surface area contributed by atoms with E-state index in [4.69, 9.17) is 0 Å². The average Bonchev–Trinajstić information content (AvgIpc) is 3.07. The first-order valence-electron chi connectivity index (χ1n) is 15.9. The zero-order valence-electron chi connectivity index (χ0n) is 30.1. The maximum atomic E-state index is 13.5. The van der Waals surface area contributed by atoms with Crippen LogP contribution in [0.1, 0.15) is 55.6 Å². The van der Waals surface area contributed by atoms with Gasteiger partial charge in [-0.25, -0.2) is 0 Å². The van der Waals surface area contributed by atoms with E-state index in [2.05, 4.69) is 0 Å². The minimum absolute atomic E-state index is 0.178. The van der Waals surface area contributed by atoms with E-state index < -0.39 is 190 Å². The van der Waals surface area contributed by atoms with Crippen LogP contribution >= 0.6 is 0 Å². The van der Waals surface area contributed by atoms with Gasteiger partial charge in [0, 0.05) is 0 Å². The topological polar surface area (TPSA) is 0 Å². The molecular formula is C34H10F30Ge2. The first kappa shape index (κ1) is 56.2. The molecule has 0 unspecified atom stereocenters. The van der Waals surface area contributed by atoms with Crippen molar-refractivity contribution in [2.24, 2.45) is 0 Å². The molecule has 0 bridgehead atoms. The summed E-state index contributed by atoms with van der Waals surface area (Å²) < 4.78 is 388. The van der Waals surface area contributed by atoms with Crippen molar-refractivity contribution in [3.63, 3.8) is 0 Å². The maximum absolute atomic E-state index is 13.5. The van der Waals surface area contributed by atoms with Crippen molar-refractivity contribution in [1.82, 2.24) is 0 Å². The van der Waals surface area contributed by atoms with E-state index in [-0.39, 0.29) is 12.1 Å². The second-order valence-electron chi connectivity index (χ2n) is 12.7. The molecule has 0 aliphatic rings. The van der Waals surface area contributed by atoms with Crippen molar-refractivity contribution in [3.8, 4) is 0 Å². The van der Waals surface area contributed by atoms with Crippen LogP contribution in [-0.4, -0.2) is 30.9 Å². The SMILES string of the molecule is FC(F)(F)c1c[c]([Ge][c]2cc(C(F)(F)F)cc(C(F)(F)F)c2)cc(C(F)(F)F)c1.FC(F)(F)c1cc(C(F)(F)F)[c]([Ge][c]2c(C(F)(F)F)cc(C(F)(F)F)cc2C(F)(F)F)c(C(F)(F)F)c1. The number of halogens is 30. The number of benzene rings is 4. The zero-order valence-corrected chi connectivity index (χ0v) is 34.3. The Morgan fingerprint density at radius 1 is 0.197 bits per heavy atom. The molecule has 0 aromatic heterocycles. The fourth-order valence-electron chi connectivity index (χ4n) is 5.12. The van der Waals surface area contributed by atoms with Gasteiger partial charge in [-0.1, -0.05) is 0 Å². The summed E-state index contributed by atoms with van der Waals surface area (Å²) in [5.41, 5.74) is -23.3. The molecule has 0 atom stereocenters. The molecule has 4 rings (SSSR count). The van der Waals surface area contributed by atoms with Gasteiger partial charge in [-0.2, -0.15) is 0 Å². The van der Waals surface area contributed by atoms with E-state index in [0.29, 0.717) is 24.3 Å². The van der Waals surface area contributed by atoms with Crippen LogP contribution in [0.4, 0.5) is 132 Å². The number of rotatable bonds is 4. The second kappa shape index (κ2) is 18.1. The van der Waals surface area contributed by atoms with Gasteiger partial charge in [0.15, 0.2) is 0 Å². The number of hydrogen-bond donors (Lipinski definition) is 0. The summed E-state index contributed by atoms with van der Waals surface area (Å²) >= 11 is -6.62. The molecule has 0 fully saturated rings. The van der Waals surface area contributed by atoms with E-state index in [1.54, 1.807) is 0 Å². The zero-order chi connectivity index (χ0) is 51.6. The Labute approximate surface area is 357 Å². The van der Waals surface area contributed by atoms with Crippen molar-refractivity contribution < 1.29 is 132 Å². The van der Waals surface area contributed by atoms with Gasteiger partial charge in [-0.15, -0.1) is 0 Å². The van der Waals surface area contributed by atoms with Gasteiger partial charge in [0.25, 0.3) is 0 Å². The quantitative estimate of drug-likeness (QED) is 0.141. The standard InChI is InChI=1S/C18H4F18Ge.C16H6F12Ge/c19-13(20,21)5-1-7(15(25,26)27)11(8(2-5)16(28,29)30)37-12-9(17(31,32)33)3-6(14(22,23)24)4-10(12)18(34,35)36;17-13(18,19)7-1-8(14(20,21)22)4-11(3-7)29-12-5-9(15(23,24)25)2-10(6-12)16(26,27)28/h1-4H;1-6H. The molecule has 0 saturated carbocycles. The Morgan fingerprint density at radius 2 is 0.364 bits per heavy atom. The molecule has 66 heavy (non-hydrogen) atoms. The summed E-state index contributed by atoms with van der Waals surface area (Å²) in [7, 11) is 0. The van der Waals surface area contributed by atoms with Gasteiger partial charge in [0.2, 0.25) is 0 Å². The van der Waals surface area contributed by atoms with Crippen LogP contribution < -0.4 is 17.6 Å². The summed E-state index contributed by atoms with van der Waals surface area (Å²) in [6.45, 7) is 0. The van der Waals surface area contributed by atoms with Gasteiger partial charge in [0.1, 0.15) is 0 Å². The third-order valence-electron chi connectivity index (χ3n) is 7.87. The summed E-state index contributed by atoms with van der Waals surface area (Å²) in [4.78, 5) is 0. The number of hydrogen-bond acceptors (Lipinski definition) is 0. The average molecular weight is 1130 g/mol. The molecule has 4 radical (unpaired) electrons. The van der Waals surface area contributed by atoms with Gasteiger partial charge >= 0.3 is 358 Å². The van der Waals surface area contributed by atoms with Gasteiger partial charge < -0.3 is 0 Å². The minimum atomic E-state index is -6.15. The predicted octanol–water partition coefficient (Wildman–Crippen LogP) is 12.9. The van der Waals surface area contributed by atoms with E-state index in [0.717, 1.165) is 0 Å².